The zero-order valence-corrected chi connectivity index (χ0v) is 17.2. The first kappa shape index (κ1) is 18.9. The van der Waals surface area contributed by atoms with E-state index in [-0.39, 0.29) is 12.3 Å². The first-order valence-corrected chi connectivity index (χ1v) is 10.4. The van der Waals surface area contributed by atoms with Crippen molar-refractivity contribution in [2.24, 2.45) is 0 Å². The van der Waals surface area contributed by atoms with Crippen LogP contribution in [-0.4, -0.2) is 68.1 Å². The summed E-state index contributed by atoms with van der Waals surface area (Å²) in [5.41, 5.74) is 1.81. The second-order valence-corrected chi connectivity index (χ2v) is 8.55. The summed E-state index contributed by atoms with van der Waals surface area (Å²) in [6, 6.07) is 6.50. The molecule has 1 aliphatic heterocycles. The zero-order valence-electron chi connectivity index (χ0n) is 16.4. The van der Waals surface area contributed by atoms with Crippen LogP contribution in [0.15, 0.2) is 24.4 Å². The molecule has 0 bridgehead atoms. The first-order chi connectivity index (χ1) is 13.5. The lowest BCUT2D eigenvalue weighted by molar-refractivity contribution is -0.132. The summed E-state index contributed by atoms with van der Waals surface area (Å²) in [5.74, 6) is 0.660. The standard InChI is InChI=1S/C20H24N6OS/c1-13(2)25-6-8-26(9-7-25)19(27)11-18-21-12-16-5-4-15(10-17(16)22-18)20-24-23-14(3)28-20/h4-5,10,12-13H,6-9,11H2,1-3H3. The number of amides is 1. The van der Waals surface area contributed by atoms with Crippen molar-refractivity contribution >= 4 is 28.1 Å². The molecule has 1 aliphatic rings. The van der Waals surface area contributed by atoms with Crippen LogP contribution in [0.5, 0.6) is 0 Å². The van der Waals surface area contributed by atoms with Gasteiger partial charge in [-0.3, -0.25) is 9.69 Å². The second-order valence-electron chi connectivity index (χ2n) is 7.37. The van der Waals surface area contributed by atoms with Crippen molar-refractivity contribution in [2.75, 3.05) is 26.2 Å². The summed E-state index contributed by atoms with van der Waals surface area (Å²) in [6.45, 7) is 9.71. The summed E-state index contributed by atoms with van der Waals surface area (Å²) < 4.78 is 0. The molecule has 146 valence electrons. The van der Waals surface area contributed by atoms with E-state index in [1.165, 1.54) is 0 Å². The maximum atomic E-state index is 12.7. The van der Waals surface area contributed by atoms with Gasteiger partial charge in [0.15, 0.2) is 0 Å². The minimum Gasteiger partial charge on any atom is -0.340 e. The SMILES string of the molecule is Cc1nnc(-c2ccc3cnc(CC(=O)N4CCN(C(C)C)CC4)nc3c2)s1. The highest BCUT2D eigenvalue weighted by molar-refractivity contribution is 7.14. The van der Waals surface area contributed by atoms with Crippen LogP contribution in [0.2, 0.25) is 0 Å². The third kappa shape index (κ3) is 4.02. The Bertz CT molecular complexity index is 993. The van der Waals surface area contributed by atoms with Gasteiger partial charge in [0, 0.05) is 49.4 Å². The van der Waals surface area contributed by atoms with E-state index >= 15 is 0 Å². The highest BCUT2D eigenvalue weighted by Gasteiger charge is 2.23. The normalized spacial score (nSPS) is 15.5. The molecule has 0 atom stereocenters. The highest BCUT2D eigenvalue weighted by Crippen LogP contribution is 2.26. The summed E-state index contributed by atoms with van der Waals surface area (Å²) >= 11 is 1.55. The fourth-order valence-electron chi connectivity index (χ4n) is 3.43. The van der Waals surface area contributed by atoms with Crippen molar-refractivity contribution in [3.8, 4) is 10.6 Å². The molecule has 1 fully saturated rings. The molecule has 0 N–H and O–H groups in total. The molecule has 0 aliphatic carbocycles. The minimum absolute atomic E-state index is 0.0960. The monoisotopic (exact) mass is 396 g/mol. The van der Waals surface area contributed by atoms with Gasteiger partial charge in [0.25, 0.3) is 0 Å². The predicted molar refractivity (Wildman–Crippen MR) is 110 cm³/mol. The van der Waals surface area contributed by atoms with E-state index in [0.29, 0.717) is 11.9 Å². The lowest BCUT2D eigenvalue weighted by Crippen LogP contribution is -2.51. The van der Waals surface area contributed by atoms with Crippen molar-refractivity contribution in [1.82, 2.24) is 30.0 Å². The Balaban J connectivity index is 1.49. The molecule has 0 spiro atoms. The van der Waals surface area contributed by atoms with Crippen LogP contribution in [0.1, 0.15) is 24.7 Å². The fraction of sp³-hybridized carbons (Fsp3) is 0.450. The van der Waals surface area contributed by atoms with E-state index in [1.807, 2.05) is 30.0 Å². The molecule has 7 nitrogen and oxygen atoms in total. The van der Waals surface area contributed by atoms with Crippen LogP contribution < -0.4 is 0 Å². The maximum Gasteiger partial charge on any atom is 0.230 e. The number of benzene rings is 1. The topological polar surface area (TPSA) is 75.1 Å². The van der Waals surface area contributed by atoms with E-state index in [1.54, 1.807) is 17.5 Å². The Labute approximate surface area is 168 Å². The van der Waals surface area contributed by atoms with E-state index in [0.717, 1.165) is 52.7 Å². The van der Waals surface area contributed by atoms with Gasteiger partial charge in [-0.1, -0.05) is 23.5 Å². The molecule has 0 unspecified atom stereocenters. The van der Waals surface area contributed by atoms with Crippen molar-refractivity contribution in [3.05, 3.63) is 35.2 Å². The molecule has 28 heavy (non-hydrogen) atoms. The predicted octanol–water partition coefficient (Wildman–Crippen LogP) is 2.55. The van der Waals surface area contributed by atoms with Gasteiger partial charge in [-0.05, 0) is 26.8 Å². The summed E-state index contributed by atoms with van der Waals surface area (Å²) in [5, 5.41) is 11.0. The molecule has 1 saturated heterocycles. The third-order valence-corrected chi connectivity index (χ3v) is 6.00. The van der Waals surface area contributed by atoms with Crippen LogP contribution in [0.4, 0.5) is 0 Å². The van der Waals surface area contributed by atoms with E-state index in [2.05, 4.69) is 38.9 Å². The van der Waals surface area contributed by atoms with Crippen LogP contribution in [0.25, 0.3) is 21.5 Å². The van der Waals surface area contributed by atoms with E-state index in [4.69, 9.17) is 0 Å². The average Bonchev–Trinajstić information content (AvgIpc) is 3.14. The Kier molecular flexibility index (Phi) is 5.32. The van der Waals surface area contributed by atoms with Crippen molar-refractivity contribution < 1.29 is 4.79 Å². The fourth-order valence-corrected chi connectivity index (χ4v) is 4.12. The van der Waals surface area contributed by atoms with Crippen molar-refractivity contribution in [3.63, 3.8) is 0 Å². The smallest absolute Gasteiger partial charge is 0.230 e. The van der Waals surface area contributed by atoms with Gasteiger partial charge < -0.3 is 4.90 Å². The van der Waals surface area contributed by atoms with Gasteiger partial charge in [0.05, 0.1) is 11.9 Å². The molecule has 3 heterocycles. The number of fused-ring (bicyclic) bond motifs is 1. The van der Waals surface area contributed by atoms with Crippen LogP contribution >= 0.6 is 11.3 Å². The summed E-state index contributed by atoms with van der Waals surface area (Å²) in [7, 11) is 0. The highest BCUT2D eigenvalue weighted by atomic mass is 32.1. The van der Waals surface area contributed by atoms with E-state index in [9.17, 15) is 4.79 Å². The number of aryl methyl sites for hydroxylation is 1. The zero-order chi connectivity index (χ0) is 19.7. The quantitative estimate of drug-likeness (QED) is 0.675. The Hall–Kier alpha value is -2.45. The molecular formula is C20H24N6OS. The molecule has 0 radical (unpaired) electrons. The van der Waals surface area contributed by atoms with Gasteiger partial charge in [0.1, 0.15) is 15.8 Å². The van der Waals surface area contributed by atoms with Gasteiger partial charge in [-0.2, -0.15) is 0 Å². The maximum absolute atomic E-state index is 12.7. The third-order valence-electron chi connectivity index (χ3n) is 5.11. The van der Waals surface area contributed by atoms with Gasteiger partial charge in [-0.25, -0.2) is 9.97 Å². The molecule has 0 saturated carbocycles. The lowest BCUT2D eigenvalue weighted by atomic mass is 10.1. The second kappa shape index (κ2) is 7.89. The first-order valence-electron chi connectivity index (χ1n) is 9.57. The van der Waals surface area contributed by atoms with Crippen LogP contribution in [-0.2, 0) is 11.2 Å². The number of piperazine rings is 1. The summed E-state index contributed by atoms with van der Waals surface area (Å²) in [6.07, 6.45) is 2.02. The Morgan fingerprint density at radius 1 is 1.18 bits per heavy atom. The molecular weight excluding hydrogens is 372 g/mol. The van der Waals surface area contributed by atoms with Crippen molar-refractivity contribution in [1.29, 1.82) is 0 Å². The van der Waals surface area contributed by atoms with Gasteiger partial charge >= 0.3 is 0 Å². The molecule has 4 rings (SSSR count). The largest absolute Gasteiger partial charge is 0.340 e. The molecule has 3 aromatic rings. The Morgan fingerprint density at radius 2 is 1.96 bits per heavy atom. The average molecular weight is 397 g/mol. The summed E-state index contributed by atoms with van der Waals surface area (Å²) in [4.78, 5) is 26.0. The minimum atomic E-state index is 0.0960. The number of carbonyl (C=O) groups is 1. The number of rotatable bonds is 4. The number of carbonyl (C=O) groups excluding carboxylic acids is 1. The van der Waals surface area contributed by atoms with Gasteiger partial charge in [-0.15, -0.1) is 10.2 Å². The molecule has 1 amide bonds. The number of nitrogens with zero attached hydrogens (tertiary/aromatic N) is 6. The van der Waals surface area contributed by atoms with E-state index < -0.39 is 0 Å². The van der Waals surface area contributed by atoms with Crippen LogP contribution in [0.3, 0.4) is 0 Å². The number of hydrogen-bond acceptors (Lipinski definition) is 7. The Morgan fingerprint density at radius 3 is 2.64 bits per heavy atom. The lowest BCUT2D eigenvalue weighted by Gasteiger charge is -2.36. The molecule has 8 heteroatoms. The van der Waals surface area contributed by atoms with Crippen molar-refractivity contribution in [2.45, 2.75) is 33.2 Å². The van der Waals surface area contributed by atoms with Crippen LogP contribution in [0, 0.1) is 6.92 Å². The number of aromatic nitrogens is 4. The van der Waals surface area contributed by atoms with Gasteiger partial charge in [0.2, 0.25) is 5.91 Å². The number of hydrogen-bond donors (Lipinski definition) is 0. The molecule has 2 aromatic heterocycles. The molecule has 1 aromatic carbocycles.